The second kappa shape index (κ2) is 7.21. The largest absolute Gasteiger partial charge is 0.416 e. The summed E-state index contributed by atoms with van der Waals surface area (Å²) in [5.74, 6) is -0.333. The van der Waals surface area contributed by atoms with Crippen LogP contribution in [0.1, 0.15) is 21.5 Å². The zero-order chi connectivity index (χ0) is 18.7. The van der Waals surface area contributed by atoms with Crippen LogP contribution in [-0.2, 0) is 12.7 Å². The summed E-state index contributed by atoms with van der Waals surface area (Å²) < 4.78 is 39.7. The molecule has 0 saturated carbocycles. The van der Waals surface area contributed by atoms with Crippen molar-refractivity contribution >= 4 is 23.2 Å². The molecule has 1 amide bonds. The minimum Gasteiger partial charge on any atom is -0.319 e. The zero-order valence-electron chi connectivity index (χ0n) is 13.3. The lowest BCUT2D eigenvalue weighted by Gasteiger charge is -2.08. The van der Waals surface area contributed by atoms with Crippen molar-refractivity contribution in [3.05, 3.63) is 82.6 Å². The fourth-order valence-corrected chi connectivity index (χ4v) is 2.48. The Hall–Kier alpha value is -2.80. The van der Waals surface area contributed by atoms with Gasteiger partial charge in [0.05, 0.1) is 24.0 Å². The standard InChI is InChI=1S/C18H13ClF3N3O/c19-15-6-4-13(5-7-15)17(26)24-16-9-23-25(11-16)10-12-2-1-3-14(8-12)18(20,21)22/h1-9,11H,10H2,(H,24,26). The van der Waals surface area contributed by atoms with E-state index in [0.29, 0.717) is 21.8 Å². The molecule has 3 rings (SSSR count). The molecule has 3 aromatic rings. The lowest BCUT2D eigenvalue weighted by molar-refractivity contribution is -0.137. The second-order valence-electron chi connectivity index (χ2n) is 5.59. The van der Waals surface area contributed by atoms with Gasteiger partial charge in [0.25, 0.3) is 5.91 Å². The normalized spacial score (nSPS) is 11.4. The molecule has 0 aliphatic rings. The number of halogens is 4. The summed E-state index contributed by atoms with van der Waals surface area (Å²) in [6.45, 7) is 0.154. The molecule has 8 heteroatoms. The minimum atomic E-state index is -4.39. The highest BCUT2D eigenvalue weighted by molar-refractivity contribution is 6.30. The van der Waals surface area contributed by atoms with Crippen LogP contribution in [0.2, 0.25) is 5.02 Å². The fourth-order valence-electron chi connectivity index (χ4n) is 2.35. The molecule has 0 aliphatic heterocycles. The molecule has 4 nitrogen and oxygen atoms in total. The minimum absolute atomic E-state index is 0.154. The number of hydrogen-bond donors (Lipinski definition) is 1. The summed E-state index contributed by atoms with van der Waals surface area (Å²) in [6, 6.07) is 11.4. The smallest absolute Gasteiger partial charge is 0.319 e. The molecular weight excluding hydrogens is 367 g/mol. The average molecular weight is 380 g/mol. The van der Waals surface area contributed by atoms with Crippen molar-refractivity contribution in [2.24, 2.45) is 0 Å². The molecule has 0 aliphatic carbocycles. The molecule has 1 aromatic heterocycles. The summed E-state index contributed by atoms with van der Waals surface area (Å²) in [6.07, 6.45) is -1.41. The van der Waals surface area contributed by atoms with Crippen LogP contribution < -0.4 is 5.32 Å². The van der Waals surface area contributed by atoms with Crippen LogP contribution in [0.15, 0.2) is 60.9 Å². The molecule has 134 valence electrons. The number of anilines is 1. The maximum Gasteiger partial charge on any atom is 0.416 e. The SMILES string of the molecule is O=C(Nc1cnn(Cc2cccc(C(F)(F)F)c2)c1)c1ccc(Cl)cc1. The molecule has 0 saturated heterocycles. The summed E-state index contributed by atoms with van der Waals surface area (Å²) in [5.41, 5.74) is 0.619. The first kappa shape index (κ1) is 18.0. The lowest BCUT2D eigenvalue weighted by atomic mass is 10.1. The number of rotatable bonds is 4. The van der Waals surface area contributed by atoms with E-state index in [1.807, 2.05) is 0 Å². The van der Waals surface area contributed by atoms with Gasteiger partial charge in [0, 0.05) is 16.8 Å². The summed E-state index contributed by atoms with van der Waals surface area (Å²) >= 11 is 5.78. The Morgan fingerprint density at radius 2 is 1.88 bits per heavy atom. The highest BCUT2D eigenvalue weighted by Crippen LogP contribution is 2.29. The molecule has 1 heterocycles. The molecular formula is C18H13ClF3N3O. The maximum absolute atomic E-state index is 12.8. The highest BCUT2D eigenvalue weighted by Gasteiger charge is 2.30. The van der Waals surface area contributed by atoms with Gasteiger partial charge in [0.2, 0.25) is 0 Å². The Bertz CT molecular complexity index is 920. The van der Waals surface area contributed by atoms with E-state index >= 15 is 0 Å². The Morgan fingerprint density at radius 1 is 1.15 bits per heavy atom. The number of carbonyl (C=O) groups excluding carboxylic acids is 1. The lowest BCUT2D eigenvalue weighted by Crippen LogP contribution is -2.11. The van der Waals surface area contributed by atoms with Gasteiger partial charge in [-0.1, -0.05) is 23.7 Å². The van der Waals surface area contributed by atoms with E-state index in [2.05, 4.69) is 10.4 Å². The molecule has 0 radical (unpaired) electrons. The Morgan fingerprint density at radius 3 is 2.58 bits per heavy atom. The topological polar surface area (TPSA) is 46.9 Å². The van der Waals surface area contributed by atoms with Crippen LogP contribution in [0.25, 0.3) is 0 Å². The summed E-state index contributed by atoms with van der Waals surface area (Å²) in [7, 11) is 0. The average Bonchev–Trinajstić information content (AvgIpc) is 3.02. The van der Waals surface area contributed by atoms with Crippen molar-refractivity contribution in [3.8, 4) is 0 Å². The van der Waals surface area contributed by atoms with E-state index in [0.717, 1.165) is 12.1 Å². The van der Waals surface area contributed by atoms with Gasteiger partial charge < -0.3 is 5.32 Å². The fraction of sp³-hybridized carbons (Fsp3) is 0.111. The number of nitrogens with zero attached hydrogens (tertiary/aromatic N) is 2. The van der Waals surface area contributed by atoms with E-state index < -0.39 is 11.7 Å². The van der Waals surface area contributed by atoms with Crippen LogP contribution in [0.5, 0.6) is 0 Å². The number of amides is 1. The number of nitrogens with one attached hydrogen (secondary N) is 1. The molecule has 2 aromatic carbocycles. The van der Waals surface area contributed by atoms with Crippen LogP contribution in [0.4, 0.5) is 18.9 Å². The molecule has 0 bridgehead atoms. The molecule has 0 unspecified atom stereocenters. The predicted octanol–water partition coefficient (Wildman–Crippen LogP) is 4.86. The van der Waals surface area contributed by atoms with Crippen LogP contribution in [0.3, 0.4) is 0 Å². The quantitative estimate of drug-likeness (QED) is 0.704. The van der Waals surface area contributed by atoms with Gasteiger partial charge in [-0.05, 0) is 42.0 Å². The maximum atomic E-state index is 12.8. The van der Waals surface area contributed by atoms with Gasteiger partial charge in [-0.25, -0.2) is 0 Å². The summed E-state index contributed by atoms with van der Waals surface area (Å²) in [4.78, 5) is 12.1. The Kier molecular flexibility index (Phi) is 4.99. The van der Waals surface area contributed by atoms with Gasteiger partial charge in [-0.15, -0.1) is 0 Å². The third kappa shape index (κ3) is 4.43. The number of alkyl halides is 3. The Balaban J connectivity index is 1.68. The van der Waals surface area contributed by atoms with Crippen molar-refractivity contribution < 1.29 is 18.0 Å². The second-order valence-corrected chi connectivity index (χ2v) is 6.02. The van der Waals surface area contributed by atoms with Crippen LogP contribution in [0, 0.1) is 0 Å². The van der Waals surface area contributed by atoms with E-state index in [1.165, 1.54) is 16.9 Å². The molecule has 0 fully saturated rings. The molecule has 26 heavy (non-hydrogen) atoms. The van der Waals surface area contributed by atoms with Gasteiger partial charge >= 0.3 is 6.18 Å². The van der Waals surface area contributed by atoms with Gasteiger partial charge in [-0.3, -0.25) is 9.48 Å². The summed E-state index contributed by atoms with van der Waals surface area (Å²) in [5, 5.41) is 7.26. The molecule has 1 N–H and O–H groups in total. The van der Waals surface area contributed by atoms with Crippen molar-refractivity contribution in [2.45, 2.75) is 12.7 Å². The van der Waals surface area contributed by atoms with Gasteiger partial charge in [-0.2, -0.15) is 18.3 Å². The van der Waals surface area contributed by atoms with E-state index in [4.69, 9.17) is 11.6 Å². The van der Waals surface area contributed by atoms with Gasteiger partial charge in [0.1, 0.15) is 0 Å². The third-order valence-corrected chi connectivity index (χ3v) is 3.85. The zero-order valence-corrected chi connectivity index (χ0v) is 14.1. The first-order chi connectivity index (χ1) is 12.3. The number of carbonyl (C=O) groups is 1. The van der Waals surface area contributed by atoms with Crippen molar-refractivity contribution in [3.63, 3.8) is 0 Å². The monoisotopic (exact) mass is 379 g/mol. The highest BCUT2D eigenvalue weighted by atomic mass is 35.5. The molecule has 0 atom stereocenters. The van der Waals surface area contributed by atoms with Crippen LogP contribution in [-0.4, -0.2) is 15.7 Å². The third-order valence-electron chi connectivity index (χ3n) is 3.60. The number of benzene rings is 2. The van der Waals surface area contributed by atoms with Crippen molar-refractivity contribution in [1.82, 2.24) is 9.78 Å². The Labute approximate surface area is 152 Å². The number of aromatic nitrogens is 2. The first-order valence-electron chi connectivity index (χ1n) is 7.57. The van der Waals surface area contributed by atoms with Crippen molar-refractivity contribution in [1.29, 1.82) is 0 Å². The number of hydrogen-bond acceptors (Lipinski definition) is 2. The predicted molar refractivity (Wildman–Crippen MR) is 92.2 cm³/mol. The van der Waals surface area contributed by atoms with E-state index in [-0.39, 0.29) is 12.5 Å². The molecule has 0 spiro atoms. The van der Waals surface area contributed by atoms with E-state index in [9.17, 15) is 18.0 Å². The first-order valence-corrected chi connectivity index (χ1v) is 7.94. The van der Waals surface area contributed by atoms with Crippen LogP contribution >= 0.6 is 11.6 Å². The van der Waals surface area contributed by atoms with Gasteiger partial charge in [0.15, 0.2) is 0 Å². The van der Waals surface area contributed by atoms with E-state index in [1.54, 1.807) is 36.5 Å². The van der Waals surface area contributed by atoms with Crippen molar-refractivity contribution in [2.75, 3.05) is 5.32 Å².